The highest BCUT2D eigenvalue weighted by Crippen LogP contribution is 2.32. The second-order valence-corrected chi connectivity index (χ2v) is 9.17. The molecule has 8 nitrogen and oxygen atoms in total. The van der Waals surface area contributed by atoms with Crippen LogP contribution in [-0.2, 0) is 17.1 Å². The lowest BCUT2D eigenvalue weighted by atomic mass is 10.1. The van der Waals surface area contributed by atoms with Gasteiger partial charge >= 0.3 is 6.09 Å². The molecule has 1 fully saturated rings. The summed E-state index contributed by atoms with van der Waals surface area (Å²) in [5, 5.41) is 20.4. The fourth-order valence-corrected chi connectivity index (χ4v) is 4.79. The van der Waals surface area contributed by atoms with E-state index in [1.807, 2.05) is 37.3 Å². The summed E-state index contributed by atoms with van der Waals surface area (Å²) in [7, 11) is 1.64. The van der Waals surface area contributed by atoms with Crippen molar-refractivity contribution in [2.75, 3.05) is 20.3 Å². The summed E-state index contributed by atoms with van der Waals surface area (Å²) in [6, 6.07) is 13.7. The van der Waals surface area contributed by atoms with Crippen molar-refractivity contribution in [2.45, 2.75) is 37.0 Å². The second kappa shape index (κ2) is 11.7. The van der Waals surface area contributed by atoms with Crippen molar-refractivity contribution in [2.24, 2.45) is 0 Å². The Labute approximate surface area is 197 Å². The van der Waals surface area contributed by atoms with Gasteiger partial charge in [-0.15, -0.1) is 0 Å². The number of hydrogen-bond donors (Lipinski definition) is 1. The first-order chi connectivity index (χ1) is 15.9. The Kier molecular flexibility index (Phi) is 8.73. The zero-order chi connectivity index (χ0) is 23.8. The maximum absolute atomic E-state index is 12.8. The van der Waals surface area contributed by atoms with Crippen LogP contribution in [0.5, 0.6) is 5.75 Å². The lowest BCUT2D eigenvalue weighted by Crippen LogP contribution is -2.35. The molecule has 1 heterocycles. The van der Waals surface area contributed by atoms with Crippen molar-refractivity contribution in [1.82, 2.24) is 4.90 Å². The Morgan fingerprint density at radius 2 is 1.88 bits per heavy atom. The van der Waals surface area contributed by atoms with E-state index in [4.69, 9.17) is 9.47 Å². The highest BCUT2D eigenvalue weighted by molar-refractivity contribution is 7.99. The van der Waals surface area contributed by atoms with Gasteiger partial charge in [0.15, 0.2) is 0 Å². The molecule has 1 saturated heterocycles. The molecule has 1 amide bonds. The number of likely N-dealkylation sites (tertiary alicyclic amines) is 1. The molecule has 2 atom stereocenters. The molecule has 1 aliphatic heterocycles. The van der Waals surface area contributed by atoms with E-state index in [9.17, 15) is 20.0 Å². The van der Waals surface area contributed by atoms with Crippen LogP contribution in [0.3, 0.4) is 0 Å². The zero-order valence-electron chi connectivity index (χ0n) is 18.7. The third kappa shape index (κ3) is 6.97. The number of hydrogen-bond acceptors (Lipinski definition) is 7. The number of aliphatic hydroxyl groups excluding tert-OH is 1. The molecule has 9 heteroatoms. The molecule has 0 aliphatic carbocycles. The molecule has 1 N–H and O–H groups in total. The summed E-state index contributed by atoms with van der Waals surface area (Å²) in [6.45, 7) is 2.34. The van der Waals surface area contributed by atoms with Crippen LogP contribution in [-0.4, -0.2) is 52.6 Å². The van der Waals surface area contributed by atoms with Crippen molar-refractivity contribution < 1.29 is 24.3 Å². The normalized spacial score (nSPS) is 18.3. The van der Waals surface area contributed by atoms with Crippen molar-refractivity contribution >= 4 is 23.5 Å². The van der Waals surface area contributed by atoms with Crippen molar-refractivity contribution in [3.05, 3.63) is 81.4 Å². The number of amides is 1. The van der Waals surface area contributed by atoms with Gasteiger partial charge < -0.3 is 19.5 Å². The number of nitro groups is 1. The topological polar surface area (TPSA) is 102 Å². The van der Waals surface area contributed by atoms with E-state index >= 15 is 0 Å². The van der Waals surface area contributed by atoms with Crippen LogP contribution >= 0.6 is 11.8 Å². The second-order valence-electron chi connectivity index (χ2n) is 7.89. The van der Waals surface area contributed by atoms with E-state index in [1.54, 1.807) is 35.9 Å². The number of carbonyl (C=O) groups excluding carboxylic acids is 1. The van der Waals surface area contributed by atoms with Crippen LogP contribution in [0, 0.1) is 10.1 Å². The van der Waals surface area contributed by atoms with Gasteiger partial charge in [-0.3, -0.25) is 10.1 Å². The molecular formula is C24H28N2O6S. The summed E-state index contributed by atoms with van der Waals surface area (Å²) in [6.07, 6.45) is 2.25. The predicted molar refractivity (Wildman–Crippen MR) is 127 cm³/mol. The van der Waals surface area contributed by atoms with Gasteiger partial charge in [0.1, 0.15) is 12.4 Å². The van der Waals surface area contributed by atoms with Gasteiger partial charge in [0, 0.05) is 29.7 Å². The number of aliphatic hydroxyl groups is 1. The van der Waals surface area contributed by atoms with Crippen LogP contribution in [0.15, 0.2) is 60.2 Å². The summed E-state index contributed by atoms with van der Waals surface area (Å²) in [5.41, 5.74) is 2.65. The molecule has 0 spiro atoms. The number of methoxy groups -OCH3 is 1. The average molecular weight is 473 g/mol. The molecule has 0 saturated carbocycles. The molecule has 33 heavy (non-hydrogen) atoms. The van der Waals surface area contributed by atoms with E-state index < -0.39 is 11.0 Å². The third-order valence-electron chi connectivity index (χ3n) is 5.42. The lowest BCUT2D eigenvalue weighted by molar-refractivity contribution is -0.384. The number of non-ortho nitro benzene ring substituents is 1. The highest BCUT2D eigenvalue weighted by Gasteiger charge is 2.35. The Morgan fingerprint density at radius 3 is 2.48 bits per heavy atom. The summed E-state index contributed by atoms with van der Waals surface area (Å²) >= 11 is 1.78. The number of ether oxygens (including phenoxy) is 2. The zero-order valence-corrected chi connectivity index (χ0v) is 19.5. The van der Waals surface area contributed by atoms with Gasteiger partial charge in [0.05, 0.1) is 24.7 Å². The van der Waals surface area contributed by atoms with Crippen LogP contribution in [0.1, 0.15) is 24.5 Å². The number of carbonyl (C=O) groups is 1. The fraction of sp³-hybridized carbons (Fsp3) is 0.375. The monoisotopic (exact) mass is 472 g/mol. The number of benzene rings is 2. The van der Waals surface area contributed by atoms with Crippen LogP contribution in [0.2, 0.25) is 0 Å². The van der Waals surface area contributed by atoms with Crippen LogP contribution < -0.4 is 4.74 Å². The van der Waals surface area contributed by atoms with Gasteiger partial charge in [-0.05, 0) is 48.7 Å². The minimum absolute atomic E-state index is 0.00831. The molecule has 176 valence electrons. The Balaban J connectivity index is 1.60. The molecule has 0 bridgehead atoms. The summed E-state index contributed by atoms with van der Waals surface area (Å²) in [4.78, 5) is 24.9. The summed E-state index contributed by atoms with van der Waals surface area (Å²) < 4.78 is 10.7. The largest absolute Gasteiger partial charge is 0.497 e. The van der Waals surface area contributed by atoms with E-state index in [0.29, 0.717) is 12.1 Å². The molecule has 0 unspecified atom stereocenters. The minimum atomic E-state index is -0.468. The Hall–Kier alpha value is -3.04. The van der Waals surface area contributed by atoms with E-state index in [-0.39, 0.29) is 30.2 Å². The van der Waals surface area contributed by atoms with Gasteiger partial charge in [-0.25, -0.2) is 4.79 Å². The standard InChI is InChI=1S/C24H28N2O6S/c1-17(14-27)11-21-12-23(33-16-19-5-9-22(31-2)10-6-19)13-25(21)24(28)32-15-18-3-7-20(8-4-18)26(29)30/h3-11,21,23,27H,12-16H2,1-2H3/b17-11+/t21-,23+/m1/s1. The third-order valence-corrected chi connectivity index (χ3v) is 6.73. The maximum Gasteiger partial charge on any atom is 0.410 e. The van der Waals surface area contributed by atoms with Crippen LogP contribution in [0.4, 0.5) is 10.5 Å². The smallest absolute Gasteiger partial charge is 0.410 e. The van der Waals surface area contributed by atoms with E-state index in [2.05, 4.69) is 0 Å². The quantitative estimate of drug-likeness (QED) is 0.324. The molecule has 1 aliphatic rings. The number of rotatable bonds is 9. The van der Waals surface area contributed by atoms with E-state index in [0.717, 1.165) is 23.5 Å². The van der Waals surface area contributed by atoms with Crippen molar-refractivity contribution in [1.29, 1.82) is 0 Å². The number of nitro benzene ring substituents is 1. The molecule has 3 rings (SSSR count). The predicted octanol–water partition coefficient (Wildman–Crippen LogP) is 4.55. The number of nitrogens with zero attached hydrogens (tertiary/aromatic N) is 2. The maximum atomic E-state index is 12.8. The van der Waals surface area contributed by atoms with E-state index in [1.165, 1.54) is 17.7 Å². The molecule has 0 radical (unpaired) electrons. The minimum Gasteiger partial charge on any atom is -0.497 e. The van der Waals surface area contributed by atoms with Gasteiger partial charge in [-0.2, -0.15) is 11.8 Å². The van der Waals surface area contributed by atoms with Crippen LogP contribution in [0.25, 0.3) is 0 Å². The molecule has 2 aromatic carbocycles. The molecule has 2 aromatic rings. The fourth-order valence-electron chi connectivity index (χ4n) is 3.57. The Morgan fingerprint density at radius 1 is 1.21 bits per heavy atom. The van der Waals surface area contributed by atoms with Gasteiger partial charge in [0.25, 0.3) is 5.69 Å². The van der Waals surface area contributed by atoms with Crippen molar-refractivity contribution in [3.63, 3.8) is 0 Å². The molecule has 0 aromatic heterocycles. The first-order valence-corrected chi connectivity index (χ1v) is 11.6. The average Bonchev–Trinajstić information content (AvgIpc) is 3.24. The number of thioether (sulfide) groups is 1. The SMILES string of the molecule is COc1ccc(CS[C@H]2C[C@@H](/C=C(\C)CO)N(C(=O)OCc3ccc([N+](=O)[O-])cc3)C2)cc1. The highest BCUT2D eigenvalue weighted by atomic mass is 32.2. The Bertz CT molecular complexity index is 977. The van der Waals surface area contributed by atoms with Gasteiger partial charge in [-0.1, -0.05) is 23.8 Å². The first-order valence-electron chi connectivity index (χ1n) is 10.6. The first kappa shape index (κ1) is 24.6. The van der Waals surface area contributed by atoms with Crippen molar-refractivity contribution in [3.8, 4) is 5.75 Å². The summed E-state index contributed by atoms with van der Waals surface area (Å²) in [5.74, 6) is 1.63. The van der Waals surface area contributed by atoms with Gasteiger partial charge in [0.2, 0.25) is 0 Å². The molecular weight excluding hydrogens is 444 g/mol. The lowest BCUT2D eigenvalue weighted by Gasteiger charge is -2.22.